The van der Waals surface area contributed by atoms with Crippen LogP contribution in [-0.2, 0) is 4.74 Å². The van der Waals surface area contributed by atoms with E-state index < -0.39 is 0 Å². The second kappa shape index (κ2) is 4.91. The van der Waals surface area contributed by atoms with Crippen molar-refractivity contribution >= 4 is 17.3 Å². The van der Waals surface area contributed by atoms with Gasteiger partial charge in [0.25, 0.3) is 0 Å². The van der Waals surface area contributed by atoms with E-state index in [0.717, 1.165) is 18.8 Å². The molecular formula is C12H16ClN3O2. The highest BCUT2D eigenvalue weighted by Gasteiger charge is 2.37. The Morgan fingerprint density at radius 3 is 3.17 bits per heavy atom. The van der Waals surface area contributed by atoms with Crippen molar-refractivity contribution in [1.82, 2.24) is 10.3 Å². The first-order chi connectivity index (χ1) is 8.78. The number of ether oxygens (including phenoxy) is 2. The molecule has 18 heavy (non-hydrogen) atoms. The molecule has 3 heterocycles. The van der Waals surface area contributed by atoms with Gasteiger partial charge in [0, 0.05) is 38.3 Å². The summed E-state index contributed by atoms with van der Waals surface area (Å²) in [5.74, 6) is 0.576. The quantitative estimate of drug-likeness (QED) is 0.659. The number of nitrogens with one attached hydrogen (secondary N) is 1. The van der Waals surface area contributed by atoms with Gasteiger partial charge in [-0.1, -0.05) is 11.6 Å². The molecule has 0 radical (unpaired) electrons. The fourth-order valence-electron chi connectivity index (χ4n) is 2.68. The first-order valence-corrected chi connectivity index (χ1v) is 6.43. The van der Waals surface area contributed by atoms with E-state index in [-0.39, 0.29) is 6.79 Å². The molecule has 6 heteroatoms. The zero-order valence-corrected chi connectivity index (χ0v) is 11.0. The second-order valence-electron chi connectivity index (χ2n) is 4.68. The normalized spacial score (nSPS) is 25.8. The van der Waals surface area contributed by atoms with Crippen molar-refractivity contribution in [1.29, 1.82) is 0 Å². The number of piperazine rings is 1. The zero-order chi connectivity index (χ0) is 12.5. The van der Waals surface area contributed by atoms with Crippen LogP contribution in [0.15, 0.2) is 12.3 Å². The van der Waals surface area contributed by atoms with E-state index in [4.69, 9.17) is 21.1 Å². The Kier molecular flexibility index (Phi) is 3.28. The average molecular weight is 270 g/mol. The molecule has 5 nitrogen and oxygen atoms in total. The van der Waals surface area contributed by atoms with E-state index in [1.54, 1.807) is 7.11 Å². The zero-order valence-electron chi connectivity index (χ0n) is 10.2. The van der Waals surface area contributed by atoms with Crippen molar-refractivity contribution < 1.29 is 9.47 Å². The Bertz CT molecular complexity index is 443. The minimum Gasteiger partial charge on any atom is -0.464 e. The molecule has 0 aliphatic carbocycles. The fourth-order valence-corrected chi connectivity index (χ4v) is 2.83. The summed E-state index contributed by atoms with van der Waals surface area (Å²) >= 11 is 6.00. The molecule has 2 aliphatic heterocycles. The van der Waals surface area contributed by atoms with Crippen LogP contribution in [0.5, 0.6) is 5.75 Å². The maximum Gasteiger partial charge on any atom is 0.188 e. The Balaban J connectivity index is 1.80. The van der Waals surface area contributed by atoms with Gasteiger partial charge < -0.3 is 19.7 Å². The van der Waals surface area contributed by atoms with Crippen LogP contribution in [0.25, 0.3) is 0 Å². The third-order valence-corrected chi connectivity index (χ3v) is 3.80. The molecule has 2 fully saturated rings. The number of rotatable bonds is 4. The summed E-state index contributed by atoms with van der Waals surface area (Å²) in [6.45, 7) is 2.25. The van der Waals surface area contributed by atoms with E-state index in [9.17, 15) is 0 Å². The number of hydrogen-bond donors (Lipinski definition) is 1. The van der Waals surface area contributed by atoms with Gasteiger partial charge in [-0.15, -0.1) is 0 Å². The van der Waals surface area contributed by atoms with Crippen LogP contribution in [-0.4, -0.2) is 44.1 Å². The number of nitrogens with zero attached hydrogens (tertiary/aromatic N) is 2. The SMILES string of the molecule is COCOc1cc(N2C[C@H]3C[C@@H]2CN3)cnc1Cl. The minimum absolute atomic E-state index is 0.179. The highest BCUT2D eigenvalue weighted by molar-refractivity contribution is 6.30. The van der Waals surface area contributed by atoms with Crippen LogP contribution in [0, 0.1) is 0 Å². The van der Waals surface area contributed by atoms with Crippen molar-refractivity contribution in [3.63, 3.8) is 0 Å². The Morgan fingerprint density at radius 2 is 2.50 bits per heavy atom. The van der Waals surface area contributed by atoms with Gasteiger partial charge in [-0.3, -0.25) is 0 Å². The molecule has 1 N–H and O–H groups in total. The van der Waals surface area contributed by atoms with Gasteiger partial charge in [0.05, 0.1) is 11.9 Å². The molecule has 0 saturated carbocycles. The molecule has 1 aromatic rings. The lowest BCUT2D eigenvalue weighted by Gasteiger charge is -2.29. The summed E-state index contributed by atoms with van der Waals surface area (Å²) in [4.78, 5) is 6.55. The molecule has 2 atom stereocenters. The number of methoxy groups -OCH3 is 1. The molecule has 0 unspecified atom stereocenters. The highest BCUT2D eigenvalue weighted by Crippen LogP contribution is 2.33. The van der Waals surface area contributed by atoms with E-state index in [2.05, 4.69) is 15.2 Å². The highest BCUT2D eigenvalue weighted by atomic mass is 35.5. The van der Waals surface area contributed by atoms with Gasteiger partial charge in [0.2, 0.25) is 0 Å². The van der Waals surface area contributed by atoms with Gasteiger partial charge in [-0.25, -0.2) is 4.98 Å². The van der Waals surface area contributed by atoms with Gasteiger partial charge in [-0.05, 0) is 6.42 Å². The van der Waals surface area contributed by atoms with Gasteiger partial charge in [0.15, 0.2) is 17.7 Å². The summed E-state index contributed by atoms with van der Waals surface area (Å²) in [6, 6.07) is 3.11. The molecule has 0 amide bonds. The van der Waals surface area contributed by atoms with Gasteiger partial charge in [0.1, 0.15) is 0 Å². The number of halogens is 1. The fraction of sp³-hybridized carbons (Fsp3) is 0.583. The van der Waals surface area contributed by atoms with Crippen molar-refractivity contribution in [3.05, 3.63) is 17.4 Å². The molecule has 0 aromatic carbocycles. The van der Waals surface area contributed by atoms with Crippen LogP contribution < -0.4 is 15.0 Å². The molecule has 2 aliphatic rings. The Morgan fingerprint density at radius 1 is 1.61 bits per heavy atom. The summed E-state index contributed by atoms with van der Waals surface area (Å²) in [5, 5.41) is 3.85. The number of hydrogen-bond acceptors (Lipinski definition) is 5. The monoisotopic (exact) mass is 269 g/mol. The summed E-state index contributed by atoms with van der Waals surface area (Å²) in [6.07, 6.45) is 3.01. The third kappa shape index (κ3) is 2.13. The molecule has 3 rings (SSSR count). The molecule has 0 spiro atoms. The van der Waals surface area contributed by atoms with E-state index in [0.29, 0.717) is 23.0 Å². The number of fused-ring (bicyclic) bond motifs is 2. The standard InChI is InChI=1S/C12H16ClN3O2/c1-17-7-18-11-3-10(5-15-12(11)13)16-6-8-2-9(16)4-14-8/h3,5,8-9,14H,2,4,6-7H2,1H3/t8-,9-/m1/s1. The predicted molar refractivity (Wildman–Crippen MR) is 69.3 cm³/mol. The average Bonchev–Trinajstić information content (AvgIpc) is 3.00. The first-order valence-electron chi connectivity index (χ1n) is 6.05. The largest absolute Gasteiger partial charge is 0.464 e. The summed E-state index contributed by atoms with van der Waals surface area (Å²) in [5.41, 5.74) is 1.07. The van der Waals surface area contributed by atoms with Crippen LogP contribution >= 0.6 is 11.6 Å². The van der Waals surface area contributed by atoms with Crippen molar-refractivity contribution in [3.8, 4) is 5.75 Å². The topological polar surface area (TPSA) is 46.6 Å². The van der Waals surface area contributed by atoms with E-state index in [1.807, 2.05) is 12.3 Å². The van der Waals surface area contributed by atoms with Crippen LogP contribution in [0.4, 0.5) is 5.69 Å². The summed E-state index contributed by atoms with van der Waals surface area (Å²) < 4.78 is 10.3. The molecule has 2 bridgehead atoms. The maximum absolute atomic E-state index is 6.00. The lowest BCUT2D eigenvalue weighted by atomic mass is 10.2. The Labute approximate surface area is 111 Å². The maximum atomic E-state index is 6.00. The van der Waals surface area contributed by atoms with Crippen LogP contribution in [0.1, 0.15) is 6.42 Å². The van der Waals surface area contributed by atoms with E-state index >= 15 is 0 Å². The van der Waals surface area contributed by atoms with Crippen LogP contribution in [0.2, 0.25) is 5.15 Å². The second-order valence-corrected chi connectivity index (χ2v) is 5.04. The molecular weight excluding hydrogens is 254 g/mol. The smallest absolute Gasteiger partial charge is 0.188 e. The molecule has 1 aromatic heterocycles. The lowest BCUT2D eigenvalue weighted by Crippen LogP contribution is -2.43. The predicted octanol–water partition coefficient (Wildman–Crippen LogP) is 1.27. The number of aromatic nitrogens is 1. The number of anilines is 1. The summed E-state index contributed by atoms with van der Waals surface area (Å²) in [7, 11) is 1.58. The van der Waals surface area contributed by atoms with Gasteiger partial charge in [-0.2, -0.15) is 0 Å². The number of pyridine rings is 1. The van der Waals surface area contributed by atoms with E-state index in [1.165, 1.54) is 6.42 Å². The van der Waals surface area contributed by atoms with Crippen molar-refractivity contribution in [2.45, 2.75) is 18.5 Å². The lowest BCUT2D eigenvalue weighted by molar-refractivity contribution is 0.0509. The van der Waals surface area contributed by atoms with Crippen LogP contribution in [0.3, 0.4) is 0 Å². The van der Waals surface area contributed by atoms with Gasteiger partial charge >= 0.3 is 0 Å². The molecule has 98 valence electrons. The molecule has 2 saturated heterocycles. The van der Waals surface area contributed by atoms with Crippen molar-refractivity contribution in [2.75, 3.05) is 31.9 Å². The first kappa shape index (κ1) is 12.0. The Hall–Kier alpha value is -1.04. The minimum atomic E-state index is 0.179. The van der Waals surface area contributed by atoms with Crippen molar-refractivity contribution in [2.24, 2.45) is 0 Å². The third-order valence-electron chi connectivity index (χ3n) is 3.51.